The lowest BCUT2D eigenvalue weighted by atomic mass is 9.87. The Morgan fingerprint density at radius 2 is 2.13 bits per heavy atom. The second-order valence-corrected chi connectivity index (χ2v) is 4.45. The Bertz CT molecular complexity index is 239. The Hall–Kier alpha value is -0.520. The van der Waals surface area contributed by atoms with Crippen LogP contribution in [0.25, 0.3) is 0 Å². The van der Waals surface area contributed by atoms with Crippen molar-refractivity contribution in [2.45, 2.75) is 46.2 Å². The molecule has 15 heavy (non-hydrogen) atoms. The monoisotopic (exact) mass is 208 g/mol. The summed E-state index contributed by atoms with van der Waals surface area (Å²) in [5.74, 6) is 6.87. The molecule has 0 aliphatic carbocycles. The van der Waals surface area contributed by atoms with Gasteiger partial charge in [-0.15, -0.1) is 5.92 Å². The second kappa shape index (κ2) is 6.15. The Labute approximate surface area is 94.4 Å². The van der Waals surface area contributed by atoms with Crippen molar-refractivity contribution >= 4 is 0 Å². The van der Waals surface area contributed by atoms with Crippen LogP contribution in [-0.4, -0.2) is 36.6 Å². The van der Waals surface area contributed by atoms with Gasteiger partial charge in [0.1, 0.15) is 0 Å². The average molecular weight is 208 g/mol. The molecule has 2 heteroatoms. The summed E-state index contributed by atoms with van der Waals surface area (Å²) in [5.41, 5.74) is 0. The molecule has 0 aromatic heterocycles. The zero-order valence-corrected chi connectivity index (χ0v) is 10.5. The van der Waals surface area contributed by atoms with Gasteiger partial charge in [0.15, 0.2) is 0 Å². The van der Waals surface area contributed by atoms with E-state index >= 15 is 0 Å². The van der Waals surface area contributed by atoms with Crippen LogP contribution in [0.15, 0.2) is 0 Å². The molecule has 0 amide bonds. The zero-order chi connectivity index (χ0) is 11.3. The molecule has 0 saturated carbocycles. The fourth-order valence-corrected chi connectivity index (χ4v) is 2.39. The number of likely N-dealkylation sites (tertiary alicyclic amines) is 1. The van der Waals surface area contributed by atoms with E-state index < -0.39 is 0 Å². The van der Waals surface area contributed by atoms with E-state index in [9.17, 15) is 0 Å². The van der Waals surface area contributed by atoms with Crippen LogP contribution in [0.2, 0.25) is 0 Å². The molecule has 1 heterocycles. The molecule has 1 N–H and O–H groups in total. The van der Waals surface area contributed by atoms with Crippen LogP contribution in [0, 0.1) is 17.8 Å². The molecule has 86 valence electrons. The molecule has 1 saturated heterocycles. The van der Waals surface area contributed by atoms with Crippen molar-refractivity contribution in [3.05, 3.63) is 0 Å². The first-order chi connectivity index (χ1) is 7.20. The molecule has 0 aromatic carbocycles. The minimum absolute atomic E-state index is 0.642. The van der Waals surface area contributed by atoms with Gasteiger partial charge in [-0.25, -0.2) is 0 Å². The number of nitrogens with zero attached hydrogens (tertiary/aromatic N) is 1. The SMILES string of the molecule is CC#CCN1CCC(NCC)C(C)C1C. The summed E-state index contributed by atoms with van der Waals surface area (Å²) in [5, 5.41) is 3.58. The van der Waals surface area contributed by atoms with Crippen molar-refractivity contribution in [3.8, 4) is 11.8 Å². The highest BCUT2D eigenvalue weighted by Gasteiger charge is 2.31. The lowest BCUT2D eigenvalue weighted by Gasteiger charge is -2.42. The summed E-state index contributed by atoms with van der Waals surface area (Å²) in [7, 11) is 0. The molecule has 1 rings (SSSR count). The fourth-order valence-electron chi connectivity index (χ4n) is 2.39. The summed E-state index contributed by atoms with van der Waals surface area (Å²) in [6.07, 6.45) is 1.25. The van der Waals surface area contributed by atoms with Crippen molar-refractivity contribution in [3.63, 3.8) is 0 Å². The van der Waals surface area contributed by atoms with Crippen LogP contribution >= 0.6 is 0 Å². The lowest BCUT2D eigenvalue weighted by Crippen LogP contribution is -2.53. The van der Waals surface area contributed by atoms with Gasteiger partial charge in [-0.05, 0) is 32.7 Å². The van der Waals surface area contributed by atoms with Gasteiger partial charge in [-0.1, -0.05) is 19.8 Å². The van der Waals surface area contributed by atoms with Crippen LogP contribution in [-0.2, 0) is 0 Å². The Morgan fingerprint density at radius 1 is 1.40 bits per heavy atom. The van der Waals surface area contributed by atoms with E-state index in [0.29, 0.717) is 12.1 Å². The molecular formula is C13H24N2. The second-order valence-electron chi connectivity index (χ2n) is 4.45. The number of nitrogens with one attached hydrogen (secondary N) is 1. The maximum atomic E-state index is 3.58. The Kier molecular flexibility index (Phi) is 5.14. The third kappa shape index (κ3) is 3.22. The molecule has 0 aromatic rings. The van der Waals surface area contributed by atoms with Crippen molar-refractivity contribution in [2.24, 2.45) is 5.92 Å². The summed E-state index contributed by atoms with van der Waals surface area (Å²) in [6.45, 7) is 12.0. The fraction of sp³-hybridized carbons (Fsp3) is 0.846. The van der Waals surface area contributed by atoms with E-state index in [2.05, 4.69) is 42.8 Å². The third-order valence-electron chi connectivity index (χ3n) is 3.62. The summed E-state index contributed by atoms with van der Waals surface area (Å²) < 4.78 is 0. The third-order valence-corrected chi connectivity index (χ3v) is 3.62. The van der Waals surface area contributed by atoms with Crippen molar-refractivity contribution < 1.29 is 0 Å². The predicted molar refractivity (Wildman–Crippen MR) is 65.7 cm³/mol. The predicted octanol–water partition coefficient (Wildman–Crippen LogP) is 1.72. The largest absolute Gasteiger partial charge is 0.314 e. The van der Waals surface area contributed by atoms with Gasteiger partial charge in [0.25, 0.3) is 0 Å². The molecule has 2 nitrogen and oxygen atoms in total. The first-order valence-corrected chi connectivity index (χ1v) is 6.07. The van der Waals surface area contributed by atoms with Gasteiger partial charge in [-0.2, -0.15) is 0 Å². The molecule has 1 fully saturated rings. The zero-order valence-electron chi connectivity index (χ0n) is 10.5. The minimum atomic E-state index is 0.642. The van der Waals surface area contributed by atoms with Gasteiger partial charge in [0.05, 0.1) is 6.54 Å². The highest BCUT2D eigenvalue weighted by molar-refractivity contribution is 5.00. The quantitative estimate of drug-likeness (QED) is 0.710. The molecule has 3 unspecified atom stereocenters. The van der Waals surface area contributed by atoms with Crippen LogP contribution < -0.4 is 5.32 Å². The normalized spacial score (nSPS) is 32.1. The standard InChI is InChI=1S/C13H24N2/c1-5-7-9-15-10-8-13(14-6-2)11(3)12(15)4/h11-14H,6,8-10H2,1-4H3. The average Bonchev–Trinajstić information content (AvgIpc) is 2.24. The molecule has 1 aliphatic heterocycles. The molecule has 0 radical (unpaired) electrons. The van der Waals surface area contributed by atoms with Crippen LogP contribution in [0.5, 0.6) is 0 Å². The highest BCUT2D eigenvalue weighted by Crippen LogP contribution is 2.22. The molecule has 3 atom stereocenters. The van der Waals surface area contributed by atoms with Crippen molar-refractivity contribution in [2.75, 3.05) is 19.6 Å². The molecule has 0 bridgehead atoms. The van der Waals surface area contributed by atoms with Gasteiger partial charge >= 0.3 is 0 Å². The lowest BCUT2D eigenvalue weighted by molar-refractivity contribution is 0.0987. The van der Waals surface area contributed by atoms with Gasteiger partial charge in [0, 0.05) is 18.6 Å². The Balaban J connectivity index is 2.50. The van der Waals surface area contributed by atoms with Crippen LogP contribution in [0.1, 0.15) is 34.1 Å². The Morgan fingerprint density at radius 3 is 2.73 bits per heavy atom. The van der Waals surface area contributed by atoms with Gasteiger partial charge in [-0.3, -0.25) is 4.90 Å². The maximum absolute atomic E-state index is 3.58. The van der Waals surface area contributed by atoms with Crippen molar-refractivity contribution in [1.29, 1.82) is 0 Å². The van der Waals surface area contributed by atoms with E-state index in [0.717, 1.165) is 19.0 Å². The van der Waals surface area contributed by atoms with E-state index in [1.807, 2.05) is 6.92 Å². The minimum Gasteiger partial charge on any atom is -0.314 e. The molecule has 0 spiro atoms. The number of piperidine rings is 1. The van der Waals surface area contributed by atoms with Crippen LogP contribution in [0.4, 0.5) is 0 Å². The van der Waals surface area contributed by atoms with E-state index in [1.165, 1.54) is 13.0 Å². The summed E-state index contributed by atoms with van der Waals surface area (Å²) in [4.78, 5) is 2.50. The van der Waals surface area contributed by atoms with Gasteiger partial charge in [0.2, 0.25) is 0 Å². The first kappa shape index (κ1) is 12.5. The van der Waals surface area contributed by atoms with E-state index in [4.69, 9.17) is 0 Å². The van der Waals surface area contributed by atoms with E-state index in [1.54, 1.807) is 0 Å². The van der Waals surface area contributed by atoms with E-state index in [-0.39, 0.29) is 0 Å². The molecular weight excluding hydrogens is 184 g/mol. The first-order valence-electron chi connectivity index (χ1n) is 6.07. The maximum Gasteiger partial charge on any atom is 0.0603 e. The number of hydrogen-bond acceptors (Lipinski definition) is 2. The number of rotatable bonds is 3. The van der Waals surface area contributed by atoms with Gasteiger partial charge < -0.3 is 5.32 Å². The van der Waals surface area contributed by atoms with Crippen molar-refractivity contribution in [1.82, 2.24) is 10.2 Å². The summed E-state index contributed by atoms with van der Waals surface area (Å²) in [6, 6.07) is 1.33. The molecule has 1 aliphatic rings. The summed E-state index contributed by atoms with van der Waals surface area (Å²) >= 11 is 0. The van der Waals surface area contributed by atoms with Crippen LogP contribution in [0.3, 0.4) is 0 Å². The smallest absolute Gasteiger partial charge is 0.0603 e. The topological polar surface area (TPSA) is 15.3 Å². The number of hydrogen-bond donors (Lipinski definition) is 1. The highest BCUT2D eigenvalue weighted by atomic mass is 15.2.